The van der Waals surface area contributed by atoms with Crippen LogP contribution in [0.3, 0.4) is 0 Å². The molecular formula is C22H31N3O3. The Bertz CT molecular complexity index is 679. The van der Waals surface area contributed by atoms with E-state index in [1.165, 1.54) is 31.2 Å². The summed E-state index contributed by atoms with van der Waals surface area (Å²) >= 11 is 0. The summed E-state index contributed by atoms with van der Waals surface area (Å²) in [7, 11) is 0. The van der Waals surface area contributed by atoms with Crippen LogP contribution < -0.4 is 10.2 Å². The first-order chi connectivity index (χ1) is 13.7. The van der Waals surface area contributed by atoms with E-state index in [-0.39, 0.29) is 11.3 Å². The standard InChI is InChI=1S/C22H31N3O3/c26-17-23-20-4-3-11-25(21(20)27)19-7-5-18(6-8-19)22(9-1-2-10-22)16-24-12-14-28-15-13-24/h5-8,17,20H,1-4,9-16H2,(H,23,26). The molecule has 0 aromatic heterocycles. The molecule has 4 rings (SSSR count). The van der Waals surface area contributed by atoms with Gasteiger partial charge in [-0.2, -0.15) is 0 Å². The smallest absolute Gasteiger partial charge is 0.249 e. The largest absolute Gasteiger partial charge is 0.379 e. The number of nitrogens with zero attached hydrogens (tertiary/aromatic N) is 2. The molecule has 0 bridgehead atoms. The Labute approximate surface area is 167 Å². The van der Waals surface area contributed by atoms with Crippen LogP contribution in [0.2, 0.25) is 0 Å². The van der Waals surface area contributed by atoms with Gasteiger partial charge in [-0.15, -0.1) is 0 Å². The first kappa shape index (κ1) is 19.4. The van der Waals surface area contributed by atoms with Gasteiger partial charge in [-0.05, 0) is 43.4 Å². The molecular weight excluding hydrogens is 354 g/mol. The zero-order chi connectivity index (χ0) is 19.4. The highest BCUT2D eigenvalue weighted by Crippen LogP contribution is 2.42. The SMILES string of the molecule is O=CNC1CCCN(c2ccc(C3(CN4CCOCC4)CCCC3)cc2)C1=O. The van der Waals surface area contributed by atoms with E-state index in [0.717, 1.165) is 51.4 Å². The highest BCUT2D eigenvalue weighted by atomic mass is 16.5. The monoisotopic (exact) mass is 385 g/mol. The lowest BCUT2D eigenvalue weighted by Crippen LogP contribution is -2.50. The zero-order valence-corrected chi connectivity index (χ0v) is 16.6. The lowest BCUT2D eigenvalue weighted by Gasteiger charge is -2.38. The fourth-order valence-electron chi connectivity index (χ4n) is 5.14. The molecule has 1 unspecified atom stereocenters. The fraction of sp³-hybridized carbons (Fsp3) is 0.636. The number of benzene rings is 1. The maximum Gasteiger partial charge on any atom is 0.249 e. The van der Waals surface area contributed by atoms with Crippen LogP contribution in [0.5, 0.6) is 0 Å². The lowest BCUT2D eigenvalue weighted by molar-refractivity contribution is -0.124. The third-order valence-electron chi connectivity index (χ3n) is 6.69. The Kier molecular flexibility index (Phi) is 5.97. The fourth-order valence-corrected chi connectivity index (χ4v) is 5.14. The second-order valence-electron chi connectivity index (χ2n) is 8.39. The number of piperidine rings is 1. The predicted octanol–water partition coefficient (Wildman–Crippen LogP) is 2.07. The van der Waals surface area contributed by atoms with Crippen molar-refractivity contribution in [1.29, 1.82) is 0 Å². The topological polar surface area (TPSA) is 61.9 Å². The van der Waals surface area contributed by atoms with Gasteiger partial charge >= 0.3 is 0 Å². The van der Waals surface area contributed by atoms with Gasteiger partial charge in [0.25, 0.3) is 0 Å². The van der Waals surface area contributed by atoms with Crippen LogP contribution in [0.25, 0.3) is 0 Å². The molecule has 0 spiro atoms. The Morgan fingerprint density at radius 2 is 1.79 bits per heavy atom. The minimum Gasteiger partial charge on any atom is -0.379 e. The van der Waals surface area contributed by atoms with Gasteiger partial charge in [0.05, 0.1) is 13.2 Å². The molecule has 1 saturated carbocycles. The average molecular weight is 386 g/mol. The molecule has 1 aromatic carbocycles. The van der Waals surface area contributed by atoms with E-state index >= 15 is 0 Å². The van der Waals surface area contributed by atoms with Crippen LogP contribution in [0.4, 0.5) is 5.69 Å². The average Bonchev–Trinajstić information content (AvgIpc) is 3.20. The second kappa shape index (κ2) is 8.62. The number of morpholine rings is 1. The van der Waals surface area contributed by atoms with Crippen molar-refractivity contribution in [3.63, 3.8) is 0 Å². The number of carbonyl (C=O) groups excluding carboxylic acids is 2. The van der Waals surface area contributed by atoms with Gasteiger partial charge in [-0.25, -0.2) is 0 Å². The van der Waals surface area contributed by atoms with E-state index in [2.05, 4.69) is 34.5 Å². The first-order valence-electron chi connectivity index (χ1n) is 10.6. The maximum absolute atomic E-state index is 12.7. The molecule has 28 heavy (non-hydrogen) atoms. The van der Waals surface area contributed by atoms with Crippen molar-refractivity contribution in [3.05, 3.63) is 29.8 Å². The van der Waals surface area contributed by atoms with Crippen molar-refractivity contribution in [2.45, 2.75) is 50.0 Å². The van der Waals surface area contributed by atoms with Gasteiger partial charge in [0.15, 0.2) is 0 Å². The first-order valence-corrected chi connectivity index (χ1v) is 10.6. The number of hydrogen-bond donors (Lipinski definition) is 1. The normalized spacial score (nSPS) is 25.6. The number of ether oxygens (including phenoxy) is 1. The molecule has 6 nitrogen and oxygen atoms in total. The Morgan fingerprint density at radius 3 is 2.46 bits per heavy atom. The van der Waals surface area contributed by atoms with E-state index in [1.807, 2.05) is 4.90 Å². The van der Waals surface area contributed by atoms with Gasteiger partial charge in [0.1, 0.15) is 6.04 Å². The summed E-state index contributed by atoms with van der Waals surface area (Å²) in [5.74, 6) is -0.00463. The third kappa shape index (κ3) is 3.94. The van der Waals surface area contributed by atoms with Crippen LogP contribution in [0, 0.1) is 0 Å². The summed E-state index contributed by atoms with van der Waals surface area (Å²) in [5.41, 5.74) is 2.56. The molecule has 2 saturated heterocycles. The quantitative estimate of drug-likeness (QED) is 0.762. The van der Waals surface area contributed by atoms with Crippen LogP contribution in [0.15, 0.2) is 24.3 Å². The number of carbonyl (C=O) groups is 2. The van der Waals surface area contributed by atoms with Gasteiger partial charge in [-0.1, -0.05) is 25.0 Å². The lowest BCUT2D eigenvalue weighted by atomic mass is 9.78. The van der Waals surface area contributed by atoms with E-state index in [9.17, 15) is 9.59 Å². The minimum absolute atomic E-state index is 0.00463. The van der Waals surface area contributed by atoms with Crippen LogP contribution in [-0.4, -0.2) is 62.7 Å². The van der Waals surface area contributed by atoms with Crippen molar-refractivity contribution in [1.82, 2.24) is 10.2 Å². The second-order valence-corrected chi connectivity index (χ2v) is 8.39. The number of anilines is 1. The summed E-state index contributed by atoms with van der Waals surface area (Å²) in [6, 6.07) is 8.25. The Balaban J connectivity index is 1.51. The van der Waals surface area contributed by atoms with Crippen molar-refractivity contribution in [3.8, 4) is 0 Å². The summed E-state index contributed by atoms with van der Waals surface area (Å²) in [6.45, 7) is 5.53. The molecule has 2 amide bonds. The molecule has 1 aromatic rings. The van der Waals surface area contributed by atoms with E-state index in [0.29, 0.717) is 13.0 Å². The van der Waals surface area contributed by atoms with Gasteiger partial charge in [0.2, 0.25) is 12.3 Å². The molecule has 0 radical (unpaired) electrons. The minimum atomic E-state index is -0.395. The van der Waals surface area contributed by atoms with Crippen molar-refractivity contribution in [2.24, 2.45) is 0 Å². The van der Waals surface area contributed by atoms with Crippen molar-refractivity contribution < 1.29 is 14.3 Å². The number of rotatable bonds is 6. The zero-order valence-electron chi connectivity index (χ0n) is 16.6. The van der Waals surface area contributed by atoms with Crippen LogP contribution in [0.1, 0.15) is 44.1 Å². The molecule has 6 heteroatoms. The van der Waals surface area contributed by atoms with Crippen LogP contribution >= 0.6 is 0 Å². The van der Waals surface area contributed by atoms with E-state index in [1.54, 1.807) is 0 Å². The Morgan fingerprint density at radius 1 is 1.07 bits per heavy atom. The predicted molar refractivity (Wildman–Crippen MR) is 108 cm³/mol. The Hall–Kier alpha value is -1.92. The van der Waals surface area contributed by atoms with Crippen molar-refractivity contribution in [2.75, 3.05) is 44.3 Å². The number of amides is 2. The molecule has 1 aliphatic carbocycles. The van der Waals surface area contributed by atoms with Gasteiger partial charge in [0, 0.05) is 37.3 Å². The van der Waals surface area contributed by atoms with Crippen LogP contribution in [-0.2, 0) is 19.7 Å². The molecule has 1 atom stereocenters. The van der Waals surface area contributed by atoms with Gasteiger partial charge in [-0.3, -0.25) is 14.5 Å². The summed E-state index contributed by atoms with van der Waals surface area (Å²) < 4.78 is 5.52. The van der Waals surface area contributed by atoms with Crippen molar-refractivity contribution >= 4 is 18.0 Å². The highest BCUT2D eigenvalue weighted by Gasteiger charge is 2.38. The molecule has 3 fully saturated rings. The molecule has 2 heterocycles. The molecule has 2 aliphatic heterocycles. The highest BCUT2D eigenvalue weighted by molar-refractivity contribution is 5.98. The third-order valence-corrected chi connectivity index (χ3v) is 6.69. The van der Waals surface area contributed by atoms with E-state index in [4.69, 9.17) is 4.74 Å². The van der Waals surface area contributed by atoms with E-state index < -0.39 is 6.04 Å². The number of hydrogen-bond acceptors (Lipinski definition) is 4. The maximum atomic E-state index is 12.7. The molecule has 1 N–H and O–H groups in total. The summed E-state index contributed by atoms with van der Waals surface area (Å²) in [6.07, 6.45) is 7.29. The number of nitrogens with one attached hydrogen (secondary N) is 1. The summed E-state index contributed by atoms with van der Waals surface area (Å²) in [4.78, 5) is 27.8. The molecule has 3 aliphatic rings. The summed E-state index contributed by atoms with van der Waals surface area (Å²) in [5, 5.41) is 2.65. The van der Waals surface area contributed by atoms with Gasteiger partial charge < -0.3 is 15.0 Å². The molecule has 152 valence electrons.